The zero-order valence-electron chi connectivity index (χ0n) is 32.3. The van der Waals surface area contributed by atoms with Crippen LogP contribution in [0.4, 0.5) is 0 Å². The Kier molecular flexibility index (Phi) is 19.3. The van der Waals surface area contributed by atoms with Crippen LogP contribution < -0.4 is 32.7 Å². The van der Waals surface area contributed by atoms with Gasteiger partial charge in [-0.3, -0.25) is 24.0 Å². The lowest BCUT2D eigenvalue weighted by molar-refractivity contribution is -0.156. The van der Waals surface area contributed by atoms with E-state index in [9.17, 15) is 28.8 Å². The summed E-state index contributed by atoms with van der Waals surface area (Å²) in [7, 11) is 1.46. The highest BCUT2D eigenvalue weighted by molar-refractivity contribution is 6.32. The van der Waals surface area contributed by atoms with Gasteiger partial charge in [0.05, 0.1) is 12.6 Å². The molecule has 15 heteroatoms. The summed E-state index contributed by atoms with van der Waals surface area (Å²) in [5.41, 5.74) is 13.7. The summed E-state index contributed by atoms with van der Waals surface area (Å²) in [4.78, 5) is 81.0. The highest BCUT2D eigenvalue weighted by Crippen LogP contribution is 2.15. The third-order valence-corrected chi connectivity index (χ3v) is 9.30. The molecule has 0 bridgehead atoms. The van der Waals surface area contributed by atoms with Crippen molar-refractivity contribution in [3.8, 4) is 0 Å². The van der Waals surface area contributed by atoms with Crippen LogP contribution in [0.1, 0.15) is 63.5 Å². The maximum absolute atomic E-state index is 14.0. The second-order valence-corrected chi connectivity index (χ2v) is 14.3. The molecule has 8 N–H and O–H groups in total. The van der Waals surface area contributed by atoms with E-state index in [4.69, 9.17) is 20.9 Å². The van der Waals surface area contributed by atoms with E-state index in [1.54, 1.807) is 4.90 Å². The smallest absolute Gasteiger partial charge is 0.396 e. The fourth-order valence-corrected chi connectivity index (χ4v) is 6.29. The summed E-state index contributed by atoms with van der Waals surface area (Å²) in [6.07, 6.45) is 3.09. The SMILES string of the molecule is COCCOC(=O)C(=O)NC1CCN(C(=O)[C@@H](CCCCN)NC(=O)[C@@H](CC(C)C)NC(=O)[C@@H](Cc2ccccc2)NC(=O)[C@H](N)Cc2ccccc2)CC1. The Hall–Kier alpha value is -4.86. The number of nitrogens with two attached hydrogens (primary N) is 2. The fourth-order valence-electron chi connectivity index (χ4n) is 6.29. The Bertz CT molecular complexity index is 1520. The number of carbonyl (C=O) groups is 6. The van der Waals surface area contributed by atoms with Crippen molar-refractivity contribution in [2.45, 2.75) is 95.4 Å². The molecule has 0 saturated carbocycles. The Morgan fingerprint density at radius 2 is 1.33 bits per heavy atom. The molecule has 55 heavy (non-hydrogen) atoms. The minimum Gasteiger partial charge on any atom is -0.456 e. The highest BCUT2D eigenvalue weighted by Gasteiger charge is 2.34. The Morgan fingerprint density at radius 1 is 0.764 bits per heavy atom. The summed E-state index contributed by atoms with van der Waals surface area (Å²) < 4.78 is 9.70. The second-order valence-electron chi connectivity index (χ2n) is 14.3. The molecule has 0 aliphatic carbocycles. The van der Waals surface area contributed by atoms with Gasteiger partial charge in [-0.1, -0.05) is 74.5 Å². The maximum atomic E-state index is 14.0. The number of nitrogens with zero attached hydrogens (tertiary/aromatic N) is 1. The lowest BCUT2D eigenvalue weighted by Gasteiger charge is -2.35. The maximum Gasteiger partial charge on any atom is 0.396 e. The van der Waals surface area contributed by atoms with E-state index in [1.165, 1.54) is 7.11 Å². The van der Waals surface area contributed by atoms with Crippen LogP contribution >= 0.6 is 0 Å². The molecule has 0 radical (unpaired) electrons. The van der Waals surface area contributed by atoms with E-state index in [1.807, 2.05) is 74.5 Å². The molecule has 2 aromatic carbocycles. The normalized spacial score (nSPS) is 15.3. The summed E-state index contributed by atoms with van der Waals surface area (Å²) in [6, 6.07) is 14.4. The van der Waals surface area contributed by atoms with Crippen molar-refractivity contribution in [1.29, 1.82) is 0 Å². The monoisotopic (exact) mass is 765 g/mol. The van der Waals surface area contributed by atoms with Gasteiger partial charge in [0.2, 0.25) is 23.6 Å². The van der Waals surface area contributed by atoms with Crippen molar-refractivity contribution in [3.05, 3.63) is 71.8 Å². The van der Waals surface area contributed by atoms with Gasteiger partial charge in [-0.05, 0) is 68.5 Å². The van der Waals surface area contributed by atoms with Gasteiger partial charge in [-0.25, -0.2) is 4.79 Å². The van der Waals surface area contributed by atoms with Gasteiger partial charge < -0.3 is 47.1 Å². The van der Waals surface area contributed by atoms with Crippen LogP contribution in [0.3, 0.4) is 0 Å². The molecule has 1 aliphatic heterocycles. The summed E-state index contributed by atoms with van der Waals surface area (Å²) in [5, 5.41) is 11.3. The molecule has 1 aliphatic rings. The predicted octanol–water partition coefficient (Wildman–Crippen LogP) is 0.725. The first-order valence-corrected chi connectivity index (χ1v) is 19.1. The number of amides is 5. The number of hydrogen-bond donors (Lipinski definition) is 6. The minimum absolute atomic E-state index is 0.00426. The molecule has 0 spiro atoms. The lowest BCUT2D eigenvalue weighted by atomic mass is 9.99. The predicted molar refractivity (Wildman–Crippen MR) is 207 cm³/mol. The van der Waals surface area contributed by atoms with Crippen LogP contribution in [-0.2, 0) is 51.1 Å². The standard InChI is InChI=1S/C40H59N7O8/c1-27(2)24-33(46-37(50)34(26-29-14-8-5-9-15-29)45-35(48)31(42)25-28-12-6-4-7-13-28)36(49)44-32(16-10-11-19-41)39(52)47-20-17-30(18-21-47)43-38(51)40(53)55-23-22-54-3/h4-9,12-15,27,30-34H,10-11,16-26,41-42H2,1-3H3,(H,43,51)(H,44,49)(H,45,48)(H,46,50)/t31-,32-,33-,34-/m1/s1. The largest absolute Gasteiger partial charge is 0.456 e. The number of unbranched alkanes of at least 4 members (excludes halogenated alkanes) is 1. The van der Waals surface area contributed by atoms with Gasteiger partial charge in [-0.15, -0.1) is 0 Å². The van der Waals surface area contributed by atoms with Crippen LogP contribution in [0.25, 0.3) is 0 Å². The van der Waals surface area contributed by atoms with Crippen molar-refractivity contribution < 1.29 is 38.2 Å². The zero-order valence-corrected chi connectivity index (χ0v) is 32.3. The molecule has 15 nitrogen and oxygen atoms in total. The van der Waals surface area contributed by atoms with E-state index in [2.05, 4.69) is 21.3 Å². The Balaban J connectivity index is 1.70. The van der Waals surface area contributed by atoms with Gasteiger partial charge in [0.25, 0.3) is 0 Å². The molecule has 1 saturated heterocycles. The first-order valence-electron chi connectivity index (χ1n) is 19.1. The average Bonchev–Trinajstić information content (AvgIpc) is 3.17. The molecule has 4 atom stereocenters. The van der Waals surface area contributed by atoms with E-state index < -0.39 is 53.8 Å². The number of benzene rings is 2. The molecule has 1 fully saturated rings. The molecule has 5 amide bonds. The number of ether oxygens (including phenoxy) is 2. The number of piperidine rings is 1. The van der Waals surface area contributed by atoms with E-state index in [-0.39, 0.29) is 50.3 Å². The molecule has 1 heterocycles. The van der Waals surface area contributed by atoms with Gasteiger partial charge in [0.15, 0.2) is 0 Å². The molecular weight excluding hydrogens is 706 g/mol. The van der Waals surface area contributed by atoms with Crippen LogP contribution in [0.2, 0.25) is 0 Å². The number of likely N-dealkylation sites (tertiary alicyclic amines) is 1. The summed E-state index contributed by atoms with van der Waals surface area (Å²) in [5.74, 6) is -3.72. The second kappa shape index (κ2) is 23.8. The van der Waals surface area contributed by atoms with E-state index >= 15 is 0 Å². The first kappa shape index (κ1) is 44.5. The Labute approximate surface area is 324 Å². The highest BCUT2D eigenvalue weighted by atomic mass is 16.6. The van der Waals surface area contributed by atoms with Crippen molar-refractivity contribution >= 4 is 35.5 Å². The molecule has 0 aromatic heterocycles. The summed E-state index contributed by atoms with van der Waals surface area (Å²) >= 11 is 0. The lowest BCUT2D eigenvalue weighted by Crippen LogP contribution is -2.59. The van der Waals surface area contributed by atoms with Crippen LogP contribution in [0.5, 0.6) is 0 Å². The summed E-state index contributed by atoms with van der Waals surface area (Å²) in [6.45, 7) is 4.99. The number of methoxy groups -OCH3 is 1. The van der Waals surface area contributed by atoms with Gasteiger partial charge >= 0.3 is 11.9 Å². The molecule has 2 aromatic rings. The van der Waals surface area contributed by atoms with Gasteiger partial charge in [0, 0.05) is 32.7 Å². The van der Waals surface area contributed by atoms with Crippen LogP contribution in [0, 0.1) is 5.92 Å². The first-order chi connectivity index (χ1) is 26.4. The third-order valence-electron chi connectivity index (χ3n) is 9.30. The fraction of sp³-hybridized carbons (Fsp3) is 0.550. The van der Waals surface area contributed by atoms with Crippen molar-refractivity contribution in [2.24, 2.45) is 17.4 Å². The average molecular weight is 766 g/mol. The van der Waals surface area contributed by atoms with Crippen LogP contribution in [-0.4, -0.2) is 111 Å². The van der Waals surface area contributed by atoms with Crippen molar-refractivity contribution in [3.63, 3.8) is 0 Å². The van der Waals surface area contributed by atoms with Gasteiger partial charge in [-0.2, -0.15) is 0 Å². The number of hydrogen-bond acceptors (Lipinski definition) is 10. The van der Waals surface area contributed by atoms with E-state index in [0.29, 0.717) is 51.7 Å². The Morgan fingerprint density at radius 3 is 1.91 bits per heavy atom. The van der Waals surface area contributed by atoms with Crippen molar-refractivity contribution in [1.82, 2.24) is 26.2 Å². The third kappa shape index (κ3) is 15.8. The van der Waals surface area contributed by atoms with E-state index in [0.717, 1.165) is 11.1 Å². The molecule has 3 rings (SSSR count). The molecule has 0 unspecified atom stereocenters. The quantitative estimate of drug-likeness (QED) is 0.0594. The molecule has 302 valence electrons. The minimum atomic E-state index is -1.03. The van der Waals surface area contributed by atoms with Crippen molar-refractivity contribution in [2.75, 3.05) is 40.0 Å². The topological polar surface area (TPSA) is 224 Å². The molecular formula is C40H59N7O8. The number of esters is 1. The number of rotatable bonds is 21. The van der Waals surface area contributed by atoms with Gasteiger partial charge in [0.1, 0.15) is 24.7 Å². The number of nitrogens with one attached hydrogen (secondary N) is 4. The number of carbonyl (C=O) groups excluding carboxylic acids is 6. The zero-order chi connectivity index (χ0) is 40.2. The van der Waals surface area contributed by atoms with Crippen LogP contribution in [0.15, 0.2) is 60.7 Å².